The van der Waals surface area contributed by atoms with Crippen LogP contribution < -0.4 is 5.73 Å². The predicted molar refractivity (Wildman–Crippen MR) is 53.1 cm³/mol. The van der Waals surface area contributed by atoms with Crippen molar-refractivity contribution in [1.82, 2.24) is 0 Å². The van der Waals surface area contributed by atoms with Gasteiger partial charge in [-0.05, 0) is 50.4 Å². The number of nitrogens with two attached hydrogens (primary N) is 1. The van der Waals surface area contributed by atoms with Crippen LogP contribution in [0.1, 0.15) is 24.0 Å². The fourth-order valence-corrected chi connectivity index (χ4v) is 1.41. The van der Waals surface area contributed by atoms with Crippen molar-refractivity contribution in [2.45, 2.75) is 26.2 Å². The molecule has 0 unspecified atom stereocenters. The molecule has 78 valence electrons. The summed E-state index contributed by atoms with van der Waals surface area (Å²) in [5.74, 6) is -0.890. The zero-order valence-electron chi connectivity index (χ0n) is 8.32. The van der Waals surface area contributed by atoms with Gasteiger partial charge in [0, 0.05) is 5.56 Å². The van der Waals surface area contributed by atoms with Crippen LogP contribution in [0.25, 0.3) is 0 Å². The van der Waals surface area contributed by atoms with E-state index in [1.54, 1.807) is 6.92 Å². The summed E-state index contributed by atoms with van der Waals surface area (Å²) >= 11 is 0. The molecule has 0 amide bonds. The molecule has 0 saturated carbocycles. The first-order valence-electron chi connectivity index (χ1n) is 4.79. The largest absolute Gasteiger partial charge is 0.330 e. The molecule has 0 spiro atoms. The van der Waals surface area contributed by atoms with Crippen LogP contribution in [0.5, 0.6) is 0 Å². The van der Waals surface area contributed by atoms with Crippen LogP contribution in [-0.2, 0) is 6.42 Å². The van der Waals surface area contributed by atoms with Crippen LogP contribution in [0.4, 0.5) is 8.78 Å². The van der Waals surface area contributed by atoms with Crippen molar-refractivity contribution in [1.29, 1.82) is 0 Å². The number of unbranched alkanes of at least 4 members (excludes halogenated alkanes) is 1. The van der Waals surface area contributed by atoms with E-state index in [-0.39, 0.29) is 5.56 Å². The van der Waals surface area contributed by atoms with E-state index in [1.165, 1.54) is 12.1 Å². The molecule has 1 rings (SSSR count). The second kappa shape index (κ2) is 5.05. The molecule has 2 N–H and O–H groups in total. The number of aryl methyl sites for hydroxylation is 1. The lowest BCUT2D eigenvalue weighted by molar-refractivity contribution is 0.545. The first-order valence-corrected chi connectivity index (χ1v) is 4.79. The number of benzene rings is 1. The second-order valence-electron chi connectivity index (χ2n) is 3.45. The van der Waals surface area contributed by atoms with Gasteiger partial charge in [0.1, 0.15) is 11.6 Å². The summed E-state index contributed by atoms with van der Waals surface area (Å²) in [5.41, 5.74) is 6.10. The molecule has 0 radical (unpaired) electrons. The molecule has 1 aromatic carbocycles. The van der Waals surface area contributed by atoms with Gasteiger partial charge in [-0.25, -0.2) is 8.78 Å². The molecule has 3 heteroatoms. The molecule has 0 atom stereocenters. The number of rotatable bonds is 4. The van der Waals surface area contributed by atoms with Crippen LogP contribution in [0.15, 0.2) is 12.1 Å². The molecule has 0 aromatic heterocycles. The fraction of sp³-hybridized carbons (Fsp3) is 0.455. The lowest BCUT2D eigenvalue weighted by Gasteiger charge is -2.05. The van der Waals surface area contributed by atoms with Crippen molar-refractivity contribution in [3.05, 3.63) is 34.9 Å². The molecule has 0 saturated heterocycles. The van der Waals surface area contributed by atoms with Gasteiger partial charge in [-0.3, -0.25) is 0 Å². The number of hydrogen-bond acceptors (Lipinski definition) is 1. The second-order valence-corrected chi connectivity index (χ2v) is 3.45. The Morgan fingerprint density at radius 3 is 2.21 bits per heavy atom. The molecule has 0 bridgehead atoms. The summed E-state index contributed by atoms with van der Waals surface area (Å²) in [7, 11) is 0. The highest BCUT2D eigenvalue weighted by Crippen LogP contribution is 2.17. The van der Waals surface area contributed by atoms with Gasteiger partial charge in [0.2, 0.25) is 0 Å². The summed E-state index contributed by atoms with van der Waals surface area (Å²) in [4.78, 5) is 0. The summed E-state index contributed by atoms with van der Waals surface area (Å²) in [6, 6.07) is 2.72. The van der Waals surface area contributed by atoms with Crippen LogP contribution in [0.2, 0.25) is 0 Å². The van der Waals surface area contributed by atoms with E-state index >= 15 is 0 Å². The number of halogens is 2. The van der Waals surface area contributed by atoms with Crippen LogP contribution in [-0.4, -0.2) is 6.54 Å². The van der Waals surface area contributed by atoms with Crippen LogP contribution >= 0.6 is 0 Å². The van der Waals surface area contributed by atoms with E-state index < -0.39 is 11.6 Å². The van der Waals surface area contributed by atoms with Gasteiger partial charge < -0.3 is 5.73 Å². The topological polar surface area (TPSA) is 26.0 Å². The standard InChI is InChI=1S/C11H15F2N/c1-8-6-10(12)9(11(13)7-8)4-2-3-5-14/h6-7H,2-5,14H2,1H3. The zero-order chi connectivity index (χ0) is 10.6. The van der Waals surface area contributed by atoms with E-state index in [1.807, 2.05) is 0 Å². The van der Waals surface area contributed by atoms with Gasteiger partial charge in [-0.15, -0.1) is 0 Å². The molecule has 1 aromatic rings. The van der Waals surface area contributed by atoms with Gasteiger partial charge in [-0.1, -0.05) is 0 Å². The Kier molecular flexibility index (Phi) is 4.01. The van der Waals surface area contributed by atoms with Crippen LogP contribution in [0, 0.1) is 18.6 Å². The van der Waals surface area contributed by atoms with Crippen molar-refractivity contribution in [3.8, 4) is 0 Å². The molecule has 0 fully saturated rings. The first kappa shape index (κ1) is 11.1. The first-order chi connectivity index (χ1) is 6.65. The van der Waals surface area contributed by atoms with E-state index in [2.05, 4.69) is 0 Å². The van der Waals surface area contributed by atoms with E-state index in [4.69, 9.17) is 5.73 Å². The Hall–Kier alpha value is -0.960. The third-order valence-corrected chi connectivity index (χ3v) is 2.17. The summed E-state index contributed by atoms with van der Waals surface area (Å²) in [5, 5.41) is 0. The quantitative estimate of drug-likeness (QED) is 0.741. The van der Waals surface area contributed by atoms with Gasteiger partial charge in [-0.2, -0.15) is 0 Å². The highest BCUT2D eigenvalue weighted by atomic mass is 19.1. The minimum atomic E-state index is -0.445. The SMILES string of the molecule is Cc1cc(F)c(CCCCN)c(F)c1. The van der Waals surface area contributed by atoms with Crippen LogP contribution in [0.3, 0.4) is 0 Å². The third-order valence-electron chi connectivity index (χ3n) is 2.17. The van der Waals surface area contributed by atoms with E-state index in [0.29, 0.717) is 18.5 Å². The molecule has 0 aliphatic heterocycles. The monoisotopic (exact) mass is 199 g/mol. The van der Waals surface area contributed by atoms with Gasteiger partial charge in [0.15, 0.2) is 0 Å². The number of hydrogen-bond donors (Lipinski definition) is 1. The van der Waals surface area contributed by atoms with Gasteiger partial charge in [0.05, 0.1) is 0 Å². The van der Waals surface area contributed by atoms with E-state index in [9.17, 15) is 8.78 Å². The average molecular weight is 199 g/mol. The predicted octanol–water partition coefficient (Wildman–Crippen LogP) is 2.55. The molecule has 14 heavy (non-hydrogen) atoms. The van der Waals surface area contributed by atoms with Crippen molar-refractivity contribution in [2.24, 2.45) is 5.73 Å². The molecule has 0 aliphatic carbocycles. The molecule has 0 aliphatic rings. The zero-order valence-corrected chi connectivity index (χ0v) is 8.32. The Morgan fingerprint density at radius 1 is 1.14 bits per heavy atom. The third kappa shape index (κ3) is 2.77. The smallest absolute Gasteiger partial charge is 0.129 e. The summed E-state index contributed by atoms with van der Waals surface area (Å²) in [6.45, 7) is 2.24. The maximum Gasteiger partial charge on any atom is 0.129 e. The van der Waals surface area contributed by atoms with Crippen molar-refractivity contribution in [3.63, 3.8) is 0 Å². The Labute approximate surface area is 82.9 Å². The van der Waals surface area contributed by atoms with Crippen molar-refractivity contribution in [2.75, 3.05) is 6.54 Å². The Morgan fingerprint density at radius 2 is 1.71 bits per heavy atom. The Bertz CT molecular complexity index is 287. The normalized spacial score (nSPS) is 10.6. The maximum absolute atomic E-state index is 13.3. The van der Waals surface area contributed by atoms with Crippen molar-refractivity contribution < 1.29 is 8.78 Å². The molecular formula is C11H15F2N. The highest BCUT2D eigenvalue weighted by molar-refractivity contribution is 5.25. The lowest BCUT2D eigenvalue weighted by atomic mass is 10.0. The molecular weight excluding hydrogens is 184 g/mol. The minimum absolute atomic E-state index is 0.184. The fourth-order valence-electron chi connectivity index (χ4n) is 1.41. The van der Waals surface area contributed by atoms with Gasteiger partial charge >= 0.3 is 0 Å². The Balaban J connectivity index is 2.75. The summed E-state index contributed by atoms with van der Waals surface area (Å²) < 4.78 is 26.5. The minimum Gasteiger partial charge on any atom is -0.330 e. The molecule has 1 nitrogen and oxygen atoms in total. The van der Waals surface area contributed by atoms with Gasteiger partial charge in [0.25, 0.3) is 0 Å². The average Bonchev–Trinajstić information content (AvgIpc) is 2.09. The maximum atomic E-state index is 13.3. The highest BCUT2D eigenvalue weighted by Gasteiger charge is 2.08. The summed E-state index contributed by atoms with van der Waals surface area (Å²) in [6.07, 6.45) is 1.95. The molecule has 0 heterocycles. The van der Waals surface area contributed by atoms with Crippen molar-refractivity contribution >= 4 is 0 Å². The van der Waals surface area contributed by atoms with E-state index in [0.717, 1.165) is 12.8 Å². The lowest BCUT2D eigenvalue weighted by Crippen LogP contribution is -2.02.